The Bertz CT molecular complexity index is 580. The Hall–Kier alpha value is -2.01. The van der Waals surface area contributed by atoms with Crippen molar-refractivity contribution in [2.45, 2.75) is 6.54 Å². The number of methoxy groups -OCH3 is 1. The monoisotopic (exact) mass is 266 g/mol. The molecular weight excluding hydrogens is 256 g/mol. The van der Waals surface area contributed by atoms with E-state index in [1.165, 1.54) is 13.2 Å². The summed E-state index contributed by atoms with van der Waals surface area (Å²) in [5.74, 6) is -0.523. The number of carbonyl (C=O) groups is 1. The molecule has 0 spiro atoms. The number of hydrogen-bond donors (Lipinski definition) is 1. The molecule has 18 heavy (non-hydrogen) atoms. The molecule has 0 aliphatic carbocycles. The van der Waals surface area contributed by atoms with Crippen molar-refractivity contribution in [1.82, 2.24) is 9.55 Å². The molecular formula is C12H11ClN2O3. The molecule has 0 fully saturated rings. The number of rotatable bonds is 4. The summed E-state index contributed by atoms with van der Waals surface area (Å²) in [6, 6.07) is 4.96. The Morgan fingerprint density at radius 3 is 3.00 bits per heavy atom. The minimum Gasteiger partial charge on any atom is -0.481 e. The number of ether oxygens (including phenoxy) is 1. The second-order valence-electron chi connectivity index (χ2n) is 3.68. The van der Waals surface area contributed by atoms with E-state index in [2.05, 4.69) is 4.98 Å². The van der Waals surface area contributed by atoms with Gasteiger partial charge in [0.15, 0.2) is 0 Å². The van der Waals surface area contributed by atoms with E-state index in [9.17, 15) is 4.79 Å². The zero-order valence-electron chi connectivity index (χ0n) is 9.63. The quantitative estimate of drug-likeness (QED) is 0.922. The molecule has 2 aromatic rings. The lowest BCUT2D eigenvalue weighted by molar-refractivity contribution is 0.0685. The van der Waals surface area contributed by atoms with E-state index < -0.39 is 5.97 Å². The molecule has 6 heteroatoms. The van der Waals surface area contributed by atoms with Crippen molar-refractivity contribution in [2.75, 3.05) is 7.11 Å². The van der Waals surface area contributed by atoms with E-state index in [0.717, 1.165) is 5.56 Å². The van der Waals surface area contributed by atoms with E-state index in [1.54, 1.807) is 29.1 Å². The molecule has 2 heterocycles. The summed E-state index contributed by atoms with van der Waals surface area (Å²) in [5.41, 5.74) is 1.03. The zero-order valence-corrected chi connectivity index (χ0v) is 10.4. The van der Waals surface area contributed by atoms with Crippen molar-refractivity contribution in [3.05, 3.63) is 46.9 Å². The summed E-state index contributed by atoms with van der Waals surface area (Å²) in [5, 5.41) is 9.44. The lowest BCUT2D eigenvalue weighted by Gasteiger charge is -2.07. The highest BCUT2D eigenvalue weighted by molar-refractivity contribution is 6.30. The third-order valence-corrected chi connectivity index (χ3v) is 2.65. The van der Waals surface area contributed by atoms with E-state index in [4.69, 9.17) is 21.4 Å². The van der Waals surface area contributed by atoms with Gasteiger partial charge >= 0.3 is 5.97 Å². The first kappa shape index (κ1) is 12.4. The molecule has 2 aromatic heterocycles. The Balaban J connectivity index is 2.30. The van der Waals surface area contributed by atoms with Gasteiger partial charge in [-0.05, 0) is 17.7 Å². The van der Waals surface area contributed by atoms with Crippen molar-refractivity contribution >= 4 is 17.6 Å². The van der Waals surface area contributed by atoms with Crippen LogP contribution in [-0.2, 0) is 6.54 Å². The number of pyridine rings is 1. The molecule has 0 aliphatic rings. The van der Waals surface area contributed by atoms with E-state index in [0.29, 0.717) is 17.4 Å². The van der Waals surface area contributed by atoms with Gasteiger partial charge in [0, 0.05) is 25.0 Å². The van der Waals surface area contributed by atoms with E-state index >= 15 is 0 Å². The Labute approximate surface area is 109 Å². The SMILES string of the molecule is COc1cc(Cn2cc(Cl)cc2C(=O)O)ccn1. The van der Waals surface area contributed by atoms with Crippen molar-refractivity contribution in [2.24, 2.45) is 0 Å². The normalized spacial score (nSPS) is 10.3. The smallest absolute Gasteiger partial charge is 0.352 e. The van der Waals surface area contributed by atoms with Gasteiger partial charge < -0.3 is 14.4 Å². The van der Waals surface area contributed by atoms with Gasteiger partial charge in [-0.3, -0.25) is 0 Å². The number of aromatic carboxylic acids is 1. The summed E-state index contributed by atoms with van der Waals surface area (Å²) in [4.78, 5) is 15.0. The van der Waals surface area contributed by atoms with Crippen LogP contribution >= 0.6 is 11.6 Å². The second-order valence-corrected chi connectivity index (χ2v) is 4.12. The maximum absolute atomic E-state index is 11.0. The maximum Gasteiger partial charge on any atom is 0.352 e. The van der Waals surface area contributed by atoms with Crippen molar-refractivity contribution in [3.63, 3.8) is 0 Å². The third kappa shape index (κ3) is 2.62. The molecule has 0 unspecified atom stereocenters. The first-order valence-electron chi connectivity index (χ1n) is 5.18. The van der Waals surface area contributed by atoms with Gasteiger partial charge in [-0.25, -0.2) is 9.78 Å². The van der Waals surface area contributed by atoms with Gasteiger partial charge in [0.05, 0.1) is 12.1 Å². The zero-order chi connectivity index (χ0) is 13.1. The fourth-order valence-corrected chi connectivity index (χ4v) is 1.86. The van der Waals surface area contributed by atoms with Crippen LogP contribution in [0.2, 0.25) is 5.02 Å². The predicted molar refractivity (Wildman–Crippen MR) is 66.3 cm³/mol. The maximum atomic E-state index is 11.0. The van der Waals surface area contributed by atoms with Crippen LogP contribution in [0.25, 0.3) is 0 Å². The molecule has 5 nitrogen and oxygen atoms in total. The average Bonchev–Trinajstić information content (AvgIpc) is 2.70. The topological polar surface area (TPSA) is 64.3 Å². The van der Waals surface area contributed by atoms with Crippen LogP contribution < -0.4 is 4.74 Å². The van der Waals surface area contributed by atoms with Crippen LogP contribution in [0.15, 0.2) is 30.6 Å². The standard InChI is InChI=1S/C12H11ClN2O3/c1-18-11-4-8(2-3-14-11)6-15-7-9(13)5-10(15)12(16)17/h2-5,7H,6H2,1H3,(H,16,17). The Morgan fingerprint density at radius 2 is 2.33 bits per heavy atom. The highest BCUT2D eigenvalue weighted by Gasteiger charge is 2.12. The van der Waals surface area contributed by atoms with E-state index in [-0.39, 0.29) is 5.69 Å². The van der Waals surface area contributed by atoms with Crippen LogP contribution in [0.3, 0.4) is 0 Å². The highest BCUT2D eigenvalue weighted by Crippen LogP contribution is 2.17. The Morgan fingerprint density at radius 1 is 1.56 bits per heavy atom. The summed E-state index contributed by atoms with van der Waals surface area (Å²) < 4.78 is 6.58. The van der Waals surface area contributed by atoms with Gasteiger partial charge in [-0.15, -0.1) is 0 Å². The van der Waals surface area contributed by atoms with Crippen molar-refractivity contribution in [3.8, 4) is 5.88 Å². The second kappa shape index (κ2) is 5.10. The number of hydrogen-bond acceptors (Lipinski definition) is 3. The van der Waals surface area contributed by atoms with Crippen LogP contribution in [-0.4, -0.2) is 27.7 Å². The molecule has 0 saturated heterocycles. The number of halogens is 1. The van der Waals surface area contributed by atoms with Crippen LogP contribution in [0.4, 0.5) is 0 Å². The summed E-state index contributed by atoms with van der Waals surface area (Å²) >= 11 is 5.81. The summed E-state index contributed by atoms with van der Waals surface area (Å²) in [7, 11) is 1.53. The molecule has 0 atom stereocenters. The first-order chi connectivity index (χ1) is 8.60. The molecule has 0 amide bonds. The summed E-state index contributed by atoms with van der Waals surface area (Å²) in [6.45, 7) is 0.396. The fraction of sp³-hybridized carbons (Fsp3) is 0.167. The fourth-order valence-electron chi connectivity index (χ4n) is 1.64. The van der Waals surface area contributed by atoms with Gasteiger partial charge in [-0.1, -0.05) is 11.6 Å². The van der Waals surface area contributed by atoms with Crippen molar-refractivity contribution < 1.29 is 14.6 Å². The molecule has 0 bridgehead atoms. The molecule has 0 aromatic carbocycles. The van der Waals surface area contributed by atoms with Gasteiger partial charge in [0.2, 0.25) is 5.88 Å². The van der Waals surface area contributed by atoms with Crippen molar-refractivity contribution in [1.29, 1.82) is 0 Å². The van der Waals surface area contributed by atoms with Crippen LogP contribution in [0.5, 0.6) is 5.88 Å². The minimum atomic E-state index is -1.01. The minimum absolute atomic E-state index is 0.149. The Kier molecular flexibility index (Phi) is 3.53. The first-order valence-corrected chi connectivity index (χ1v) is 5.56. The number of aromatic nitrogens is 2. The molecule has 0 saturated carbocycles. The number of carboxylic acid groups (broad SMARTS) is 1. The van der Waals surface area contributed by atoms with E-state index in [1.807, 2.05) is 0 Å². The van der Waals surface area contributed by atoms with Crippen LogP contribution in [0, 0.1) is 0 Å². The lowest BCUT2D eigenvalue weighted by Crippen LogP contribution is -2.08. The number of nitrogens with zero attached hydrogens (tertiary/aromatic N) is 2. The third-order valence-electron chi connectivity index (χ3n) is 2.44. The molecule has 2 rings (SSSR count). The molecule has 1 N–H and O–H groups in total. The van der Waals surface area contributed by atoms with Gasteiger partial charge in [0.25, 0.3) is 0 Å². The van der Waals surface area contributed by atoms with Crippen LogP contribution in [0.1, 0.15) is 16.1 Å². The molecule has 94 valence electrons. The van der Waals surface area contributed by atoms with Gasteiger partial charge in [-0.2, -0.15) is 0 Å². The predicted octanol–water partition coefficient (Wildman–Crippen LogP) is 2.29. The number of carboxylic acids is 1. The summed E-state index contributed by atoms with van der Waals surface area (Å²) in [6.07, 6.45) is 3.19. The largest absolute Gasteiger partial charge is 0.481 e. The lowest BCUT2D eigenvalue weighted by atomic mass is 10.2. The molecule has 0 radical (unpaired) electrons. The highest BCUT2D eigenvalue weighted by atomic mass is 35.5. The average molecular weight is 267 g/mol. The molecule has 0 aliphatic heterocycles. The van der Waals surface area contributed by atoms with Gasteiger partial charge in [0.1, 0.15) is 5.69 Å².